The fraction of sp³-hybridized carbons (Fsp3) is 0.167. The summed E-state index contributed by atoms with van der Waals surface area (Å²) >= 11 is 1.82. The Morgan fingerprint density at radius 1 is 1.03 bits per heavy atom. The van der Waals surface area contributed by atoms with Crippen LogP contribution in [0.15, 0.2) is 77.9 Å². The van der Waals surface area contributed by atoms with Crippen molar-refractivity contribution in [1.29, 1.82) is 0 Å². The molecule has 3 rings (SSSR count). The highest BCUT2D eigenvalue weighted by atomic mass is 32.2. The first kappa shape index (κ1) is 23.0. The summed E-state index contributed by atoms with van der Waals surface area (Å²) in [5.41, 5.74) is 6.65. The van der Waals surface area contributed by atoms with Crippen molar-refractivity contribution in [2.45, 2.75) is 11.5 Å². The third kappa shape index (κ3) is 6.42. The SMILES string of the molecule is CN(C)c1ccc([N+](=O)[O-])cc1/C=N\NC(=O)c1ccc(CSCc2ccccc2)cc1. The molecular formula is C24H24N4O3S. The number of carbonyl (C=O) groups is 1. The van der Waals surface area contributed by atoms with Crippen molar-refractivity contribution in [1.82, 2.24) is 5.43 Å². The molecule has 1 N–H and O–H groups in total. The molecule has 0 aliphatic heterocycles. The van der Waals surface area contributed by atoms with Gasteiger partial charge >= 0.3 is 0 Å². The molecule has 0 aromatic heterocycles. The van der Waals surface area contributed by atoms with Gasteiger partial charge in [-0.05, 0) is 29.3 Å². The normalized spacial score (nSPS) is 10.8. The van der Waals surface area contributed by atoms with E-state index in [2.05, 4.69) is 22.7 Å². The van der Waals surface area contributed by atoms with Crippen molar-refractivity contribution in [2.75, 3.05) is 19.0 Å². The van der Waals surface area contributed by atoms with Gasteiger partial charge in [0, 0.05) is 54.5 Å². The summed E-state index contributed by atoms with van der Waals surface area (Å²) in [6, 6.07) is 22.2. The van der Waals surface area contributed by atoms with E-state index in [0.717, 1.165) is 22.8 Å². The molecule has 0 radical (unpaired) electrons. The predicted molar refractivity (Wildman–Crippen MR) is 130 cm³/mol. The Balaban J connectivity index is 1.57. The van der Waals surface area contributed by atoms with Crippen LogP contribution in [-0.4, -0.2) is 31.1 Å². The summed E-state index contributed by atoms with van der Waals surface area (Å²) in [5.74, 6) is 1.45. The van der Waals surface area contributed by atoms with Gasteiger partial charge in [-0.15, -0.1) is 0 Å². The first-order valence-electron chi connectivity index (χ1n) is 9.94. The first-order chi connectivity index (χ1) is 15.4. The van der Waals surface area contributed by atoms with E-state index in [-0.39, 0.29) is 11.6 Å². The van der Waals surface area contributed by atoms with Gasteiger partial charge in [0.2, 0.25) is 0 Å². The van der Waals surface area contributed by atoms with Gasteiger partial charge in [-0.2, -0.15) is 16.9 Å². The van der Waals surface area contributed by atoms with Crippen molar-refractivity contribution in [3.05, 3.63) is 105 Å². The quantitative estimate of drug-likeness (QED) is 0.287. The Bertz CT molecular complexity index is 1100. The van der Waals surface area contributed by atoms with Crippen LogP contribution in [0.4, 0.5) is 11.4 Å². The molecule has 3 aromatic rings. The fourth-order valence-electron chi connectivity index (χ4n) is 3.00. The van der Waals surface area contributed by atoms with Crippen molar-refractivity contribution < 1.29 is 9.72 Å². The molecule has 0 fully saturated rings. The van der Waals surface area contributed by atoms with Crippen LogP contribution in [0.5, 0.6) is 0 Å². The van der Waals surface area contributed by atoms with Crippen molar-refractivity contribution in [3.8, 4) is 0 Å². The zero-order valence-electron chi connectivity index (χ0n) is 17.9. The number of benzene rings is 3. The van der Waals surface area contributed by atoms with Crippen LogP contribution < -0.4 is 10.3 Å². The number of non-ortho nitro benzene ring substituents is 1. The van der Waals surface area contributed by atoms with E-state index >= 15 is 0 Å². The molecule has 0 unspecified atom stereocenters. The number of hydrazone groups is 1. The molecule has 0 spiro atoms. The molecule has 0 heterocycles. The molecule has 0 saturated carbocycles. The van der Waals surface area contributed by atoms with Gasteiger partial charge in [0.15, 0.2) is 0 Å². The van der Waals surface area contributed by atoms with Crippen molar-refractivity contribution in [2.24, 2.45) is 5.10 Å². The fourth-order valence-corrected chi connectivity index (χ4v) is 3.96. The predicted octanol–water partition coefficient (Wildman–Crippen LogP) is 4.86. The molecule has 8 heteroatoms. The van der Waals surface area contributed by atoms with Gasteiger partial charge < -0.3 is 4.90 Å². The Morgan fingerprint density at radius 3 is 2.31 bits per heavy atom. The van der Waals surface area contributed by atoms with Crippen LogP contribution in [0.3, 0.4) is 0 Å². The van der Waals surface area contributed by atoms with E-state index in [0.29, 0.717) is 11.1 Å². The highest BCUT2D eigenvalue weighted by Crippen LogP contribution is 2.23. The molecule has 0 bridgehead atoms. The third-order valence-corrected chi connectivity index (χ3v) is 5.74. The maximum atomic E-state index is 12.4. The number of nitrogens with one attached hydrogen (secondary N) is 1. The number of amides is 1. The van der Waals surface area contributed by atoms with E-state index in [1.165, 1.54) is 23.9 Å². The lowest BCUT2D eigenvalue weighted by atomic mass is 10.1. The molecule has 3 aromatic carbocycles. The maximum Gasteiger partial charge on any atom is 0.271 e. The number of rotatable bonds is 9. The topological polar surface area (TPSA) is 87.8 Å². The van der Waals surface area contributed by atoms with E-state index in [1.54, 1.807) is 18.2 Å². The smallest absolute Gasteiger partial charge is 0.271 e. The summed E-state index contributed by atoms with van der Waals surface area (Å²) < 4.78 is 0. The number of hydrogen-bond acceptors (Lipinski definition) is 6. The van der Waals surface area contributed by atoms with E-state index in [1.807, 2.05) is 61.1 Å². The largest absolute Gasteiger partial charge is 0.377 e. The molecule has 0 saturated heterocycles. The van der Waals surface area contributed by atoms with E-state index in [9.17, 15) is 14.9 Å². The number of nitro groups is 1. The van der Waals surface area contributed by atoms with Gasteiger partial charge in [0.1, 0.15) is 0 Å². The average molecular weight is 449 g/mol. The summed E-state index contributed by atoms with van der Waals surface area (Å²) in [6.45, 7) is 0. The van der Waals surface area contributed by atoms with Gasteiger partial charge in [-0.1, -0.05) is 42.5 Å². The zero-order chi connectivity index (χ0) is 22.9. The van der Waals surface area contributed by atoms with Gasteiger partial charge in [-0.25, -0.2) is 5.43 Å². The van der Waals surface area contributed by atoms with Crippen LogP contribution >= 0.6 is 11.8 Å². The Labute approximate surface area is 191 Å². The molecule has 164 valence electrons. The minimum atomic E-state index is -0.463. The summed E-state index contributed by atoms with van der Waals surface area (Å²) in [7, 11) is 3.66. The third-order valence-electron chi connectivity index (χ3n) is 4.67. The van der Waals surface area contributed by atoms with Gasteiger partial charge in [-0.3, -0.25) is 14.9 Å². The summed E-state index contributed by atoms with van der Waals surface area (Å²) in [5, 5.41) is 15.0. The number of thioether (sulfide) groups is 1. The lowest BCUT2D eigenvalue weighted by Gasteiger charge is -2.14. The second kappa shape index (κ2) is 11.1. The molecule has 0 aliphatic carbocycles. The van der Waals surface area contributed by atoms with E-state index in [4.69, 9.17) is 0 Å². The number of nitrogens with zero attached hydrogens (tertiary/aromatic N) is 3. The molecule has 32 heavy (non-hydrogen) atoms. The van der Waals surface area contributed by atoms with Crippen LogP contribution in [-0.2, 0) is 11.5 Å². The molecule has 0 aliphatic rings. The van der Waals surface area contributed by atoms with Crippen LogP contribution in [0.1, 0.15) is 27.0 Å². The van der Waals surface area contributed by atoms with E-state index < -0.39 is 4.92 Å². The summed E-state index contributed by atoms with van der Waals surface area (Å²) in [4.78, 5) is 24.8. The Kier molecular flexibility index (Phi) is 7.99. The minimum Gasteiger partial charge on any atom is -0.377 e. The van der Waals surface area contributed by atoms with Crippen molar-refractivity contribution >= 4 is 35.3 Å². The van der Waals surface area contributed by atoms with Crippen LogP contribution in [0.25, 0.3) is 0 Å². The molecule has 0 atom stereocenters. The van der Waals surface area contributed by atoms with Crippen LogP contribution in [0.2, 0.25) is 0 Å². The lowest BCUT2D eigenvalue weighted by molar-refractivity contribution is -0.384. The number of carbonyl (C=O) groups excluding carboxylic acids is 1. The standard InChI is InChI=1S/C24H24N4O3S/c1-27(2)23-13-12-22(28(30)31)14-21(23)15-25-26-24(29)20-10-8-19(9-11-20)17-32-16-18-6-4-3-5-7-18/h3-15H,16-17H2,1-2H3,(H,26,29)/b25-15-. The van der Waals surface area contributed by atoms with Crippen molar-refractivity contribution in [3.63, 3.8) is 0 Å². The van der Waals surface area contributed by atoms with Gasteiger partial charge in [0.05, 0.1) is 11.1 Å². The highest BCUT2D eigenvalue weighted by molar-refractivity contribution is 7.97. The zero-order valence-corrected chi connectivity index (χ0v) is 18.7. The van der Waals surface area contributed by atoms with Crippen LogP contribution in [0, 0.1) is 10.1 Å². The monoisotopic (exact) mass is 448 g/mol. The lowest BCUT2D eigenvalue weighted by Crippen LogP contribution is -2.18. The molecular weight excluding hydrogens is 424 g/mol. The molecule has 7 nitrogen and oxygen atoms in total. The Morgan fingerprint density at radius 2 is 1.69 bits per heavy atom. The van der Waals surface area contributed by atoms with Gasteiger partial charge in [0.25, 0.3) is 11.6 Å². The second-order valence-electron chi connectivity index (χ2n) is 7.27. The first-order valence-corrected chi connectivity index (χ1v) is 11.1. The maximum absolute atomic E-state index is 12.4. The number of nitro benzene ring substituents is 1. The number of hydrogen-bond donors (Lipinski definition) is 1. The second-order valence-corrected chi connectivity index (χ2v) is 8.25. The molecule has 1 amide bonds. The average Bonchev–Trinajstić information content (AvgIpc) is 2.80. The highest BCUT2D eigenvalue weighted by Gasteiger charge is 2.11. The Hall–Kier alpha value is -3.65. The number of anilines is 1. The summed E-state index contributed by atoms with van der Waals surface area (Å²) in [6.07, 6.45) is 1.41. The minimum absolute atomic E-state index is 0.0379.